The molecule has 3 aromatic rings. The lowest BCUT2D eigenvalue weighted by Crippen LogP contribution is -2.50. The van der Waals surface area contributed by atoms with Crippen LogP contribution in [0.3, 0.4) is 0 Å². The van der Waals surface area contributed by atoms with Gasteiger partial charge in [0.15, 0.2) is 5.82 Å². The first-order valence-corrected chi connectivity index (χ1v) is 18.4. The zero-order valence-corrected chi connectivity index (χ0v) is 29.2. The van der Waals surface area contributed by atoms with Crippen LogP contribution in [-0.4, -0.2) is 97.9 Å². The standard InChI is InChI=1S/C33H43F2N7O2S.C2H6/c1-23(2)42-12-4-5-28-29(34)19-25(20-31(28)42)32-30(35)21-36-33(38-32)37-26-6-8-27(9-7-26)45(43,44)41-17-15-40(16-18-41)22-24-10-13-39(3)14-11-24;1-2/h6-9,19-21,23-24H,4-5,10-18,22H2,1-3H3,(H,36,37,38);1-2H3. The molecule has 0 unspecified atom stereocenters. The molecule has 2 aromatic carbocycles. The summed E-state index contributed by atoms with van der Waals surface area (Å²) in [6.45, 7) is 14.6. The lowest BCUT2D eigenvalue weighted by molar-refractivity contribution is 0.130. The monoisotopic (exact) mass is 669 g/mol. The van der Waals surface area contributed by atoms with Crippen LogP contribution < -0.4 is 10.2 Å². The molecule has 4 heterocycles. The maximum Gasteiger partial charge on any atom is 0.243 e. The first-order chi connectivity index (χ1) is 22.6. The van der Waals surface area contributed by atoms with Crippen LogP contribution in [0.4, 0.5) is 26.1 Å². The zero-order valence-electron chi connectivity index (χ0n) is 28.3. The van der Waals surface area contributed by atoms with Crippen LogP contribution in [0.1, 0.15) is 52.5 Å². The molecule has 0 saturated carbocycles. The van der Waals surface area contributed by atoms with E-state index in [4.69, 9.17) is 0 Å². The third-order valence-electron chi connectivity index (χ3n) is 9.38. The van der Waals surface area contributed by atoms with Gasteiger partial charge in [0.1, 0.15) is 11.5 Å². The Balaban J connectivity index is 0.00000213. The fourth-order valence-electron chi connectivity index (χ4n) is 6.73. The highest BCUT2D eigenvalue weighted by atomic mass is 32.2. The SMILES string of the molecule is CC.CC(C)N1CCCc2c(F)cc(-c3nc(Nc4ccc(S(=O)(=O)N5CCN(CC6CCN(C)CC6)CC5)cc4)ncc3F)cc21. The number of hydrogen-bond acceptors (Lipinski definition) is 8. The van der Waals surface area contributed by atoms with Crippen molar-refractivity contribution in [3.8, 4) is 11.3 Å². The van der Waals surface area contributed by atoms with Gasteiger partial charge in [-0.1, -0.05) is 13.8 Å². The third kappa shape index (κ3) is 8.10. The molecule has 0 radical (unpaired) electrons. The van der Waals surface area contributed by atoms with Crippen molar-refractivity contribution < 1.29 is 17.2 Å². The first kappa shape index (κ1) is 35.1. The summed E-state index contributed by atoms with van der Waals surface area (Å²) in [5, 5.41) is 3.04. The number of aromatic nitrogens is 2. The number of halogens is 2. The van der Waals surface area contributed by atoms with Crippen LogP contribution in [0.15, 0.2) is 47.5 Å². The number of sulfonamides is 1. The summed E-state index contributed by atoms with van der Waals surface area (Å²) < 4.78 is 58.5. The minimum absolute atomic E-state index is 0.00218. The van der Waals surface area contributed by atoms with E-state index in [0.717, 1.165) is 57.6 Å². The van der Waals surface area contributed by atoms with E-state index in [9.17, 15) is 12.8 Å². The number of rotatable bonds is 8. The number of anilines is 3. The molecule has 47 heavy (non-hydrogen) atoms. The number of fused-ring (bicyclic) bond motifs is 1. The smallest absolute Gasteiger partial charge is 0.243 e. The molecule has 12 heteroatoms. The van der Waals surface area contributed by atoms with Crippen molar-refractivity contribution in [3.05, 3.63) is 59.8 Å². The van der Waals surface area contributed by atoms with Crippen molar-refractivity contribution in [2.24, 2.45) is 5.92 Å². The van der Waals surface area contributed by atoms with Gasteiger partial charge in [-0.05, 0) is 102 Å². The van der Waals surface area contributed by atoms with E-state index in [2.05, 4.69) is 50.9 Å². The van der Waals surface area contributed by atoms with Crippen molar-refractivity contribution in [2.45, 2.75) is 64.3 Å². The average molecular weight is 670 g/mol. The van der Waals surface area contributed by atoms with Gasteiger partial charge in [-0.3, -0.25) is 0 Å². The summed E-state index contributed by atoms with van der Waals surface area (Å²) in [5.41, 5.74) is 2.31. The highest BCUT2D eigenvalue weighted by Crippen LogP contribution is 2.36. The Morgan fingerprint density at radius 1 is 0.936 bits per heavy atom. The van der Waals surface area contributed by atoms with Crippen molar-refractivity contribution in [1.82, 2.24) is 24.1 Å². The van der Waals surface area contributed by atoms with Gasteiger partial charge in [0, 0.05) is 67.8 Å². The third-order valence-corrected chi connectivity index (χ3v) is 11.3. The second kappa shape index (κ2) is 15.4. The van der Waals surface area contributed by atoms with Gasteiger partial charge < -0.3 is 20.0 Å². The molecule has 0 spiro atoms. The second-order valence-corrected chi connectivity index (χ2v) is 14.8. The van der Waals surface area contributed by atoms with E-state index in [1.165, 1.54) is 18.9 Å². The van der Waals surface area contributed by atoms with Gasteiger partial charge in [0.05, 0.1) is 11.1 Å². The molecular formula is C35H49F2N7O2S. The average Bonchev–Trinajstić information content (AvgIpc) is 3.08. The lowest BCUT2D eigenvalue weighted by atomic mass is 9.96. The van der Waals surface area contributed by atoms with E-state index in [1.807, 2.05) is 13.8 Å². The quantitative estimate of drug-likeness (QED) is 0.313. The highest BCUT2D eigenvalue weighted by molar-refractivity contribution is 7.89. The molecule has 1 N–H and O–H groups in total. The maximum atomic E-state index is 15.2. The molecule has 0 aliphatic carbocycles. The molecule has 0 amide bonds. The zero-order chi connectivity index (χ0) is 33.7. The maximum absolute atomic E-state index is 15.2. The van der Waals surface area contributed by atoms with Crippen LogP contribution in [0.2, 0.25) is 0 Å². The number of nitrogens with one attached hydrogen (secondary N) is 1. The Morgan fingerprint density at radius 3 is 2.28 bits per heavy atom. The summed E-state index contributed by atoms with van der Waals surface area (Å²) in [4.78, 5) is 15.6. The van der Waals surface area contributed by atoms with Gasteiger partial charge in [0.2, 0.25) is 16.0 Å². The fourth-order valence-corrected chi connectivity index (χ4v) is 8.15. The second-order valence-electron chi connectivity index (χ2n) is 12.8. The Labute approximate surface area is 279 Å². The number of nitrogens with zero attached hydrogens (tertiary/aromatic N) is 6. The number of piperidine rings is 1. The van der Waals surface area contributed by atoms with Gasteiger partial charge in [-0.2, -0.15) is 4.31 Å². The Hall–Kier alpha value is -3.19. The Bertz CT molecular complexity index is 1600. The molecule has 0 atom stereocenters. The van der Waals surface area contributed by atoms with Crippen molar-refractivity contribution in [1.29, 1.82) is 0 Å². The normalized spacial score (nSPS) is 18.5. The van der Waals surface area contributed by atoms with Crippen molar-refractivity contribution >= 4 is 27.3 Å². The van der Waals surface area contributed by atoms with Gasteiger partial charge >= 0.3 is 0 Å². The topological polar surface area (TPSA) is 84.9 Å². The largest absolute Gasteiger partial charge is 0.369 e. The number of likely N-dealkylation sites (tertiary alicyclic amines) is 1. The van der Waals surface area contributed by atoms with Gasteiger partial charge in [-0.25, -0.2) is 27.2 Å². The predicted octanol–water partition coefficient (Wildman–Crippen LogP) is 6.00. The number of benzene rings is 2. The van der Waals surface area contributed by atoms with Crippen molar-refractivity contribution in [3.63, 3.8) is 0 Å². The Kier molecular flexibility index (Phi) is 11.5. The number of hydrogen-bond donors (Lipinski definition) is 1. The fraction of sp³-hybridized carbons (Fsp3) is 0.543. The first-order valence-electron chi connectivity index (χ1n) is 17.0. The van der Waals surface area contributed by atoms with Gasteiger partial charge in [0.25, 0.3) is 0 Å². The minimum atomic E-state index is -3.63. The summed E-state index contributed by atoms with van der Waals surface area (Å²) in [7, 11) is -1.47. The van der Waals surface area contributed by atoms with Crippen molar-refractivity contribution in [2.75, 3.05) is 69.6 Å². The van der Waals surface area contributed by atoms with E-state index in [1.54, 1.807) is 34.6 Å². The van der Waals surface area contributed by atoms with E-state index < -0.39 is 15.8 Å². The molecule has 3 aliphatic heterocycles. The lowest BCUT2D eigenvalue weighted by Gasteiger charge is -2.37. The highest BCUT2D eigenvalue weighted by Gasteiger charge is 2.30. The van der Waals surface area contributed by atoms with E-state index in [0.29, 0.717) is 42.2 Å². The number of piperazine rings is 1. The molecule has 6 rings (SSSR count). The molecule has 1 aromatic heterocycles. The molecule has 256 valence electrons. The van der Waals surface area contributed by atoms with E-state index in [-0.39, 0.29) is 28.4 Å². The molecular weight excluding hydrogens is 620 g/mol. The minimum Gasteiger partial charge on any atom is -0.369 e. The molecule has 2 fully saturated rings. The summed E-state index contributed by atoms with van der Waals surface area (Å²) in [6.07, 6.45) is 4.97. The molecule has 0 bridgehead atoms. The van der Waals surface area contributed by atoms with Gasteiger partial charge in [-0.15, -0.1) is 0 Å². The van der Waals surface area contributed by atoms with Crippen LogP contribution in [-0.2, 0) is 16.4 Å². The molecule has 9 nitrogen and oxygen atoms in total. The van der Waals surface area contributed by atoms with Crippen LogP contribution in [0.25, 0.3) is 11.3 Å². The summed E-state index contributed by atoms with van der Waals surface area (Å²) >= 11 is 0. The summed E-state index contributed by atoms with van der Waals surface area (Å²) in [6, 6.07) is 9.74. The van der Waals surface area contributed by atoms with E-state index >= 15 is 4.39 Å². The predicted molar refractivity (Wildman–Crippen MR) is 185 cm³/mol. The Morgan fingerprint density at radius 2 is 1.62 bits per heavy atom. The molecule has 2 saturated heterocycles. The van der Waals surface area contributed by atoms with Crippen LogP contribution >= 0.6 is 0 Å². The molecule has 3 aliphatic rings. The van der Waals surface area contributed by atoms with Crippen LogP contribution in [0, 0.1) is 17.6 Å². The summed E-state index contributed by atoms with van der Waals surface area (Å²) in [5.74, 6) is -0.211. The van der Waals surface area contributed by atoms with Crippen LogP contribution in [0.5, 0.6) is 0 Å².